The number of thiazole rings is 1. The fourth-order valence-corrected chi connectivity index (χ4v) is 14.7. The highest BCUT2D eigenvalue weighted by Crippen LogP contribution is 2.43. The van der Waals surface area contributed by atoms with Crippen molar-refractivity contribution in [1.29, 1.82) is 0 Å². The first kappa shape index (κ1) is 75.7. The Balaban J connectivity index is 1.20. The number of methoxy groups -OCH3 is 2. The Morgan fingerprint density at radius 3 is 2.14 bits per heavy atom. The van der Waals surface area contributed by atoms with Crippen LogP contribution in [0.2, 0.25) is 0 Å². The van der Waals surface area contributed by atoms with Crippen molar-refractivity contribution in [1.82, 2.24) is 30.3 Å². The van der Waals surface area contributed by atoms with Crippen molar-refractivity contribution in [2.45, 2.75) is 213 Å². The van der Waals surface area contributed by atoms with Gasteiger partial charge >= 0.3 is 12.0 Å². The van der Waals surface area contributed by atoms with Crippen LogP contribution >= 0.6 is 11.3 Å². The standard InChI is InChI=1S/C68H106N8O14S/c1-13-42(6)62(75(10)67(86)51(40(2)3)38-56(80)63-46-22-25-50(35-46)74(63)9)57(88-11)39-59(82)76-29-15-18-52(76)64(89-12)44(8)54(78)37-48(66-70-28-32-91-66)34-45-20-23-49(24-21-45)72-65(85)47(17-14-27-71-68(69)87)36-55(79)61(41(4)5)73-58(81)26-31-90-30-16-19-53(77)43(7)33-60(83)84/h20-21,23-24,28,32,40-44,46-48,50-52,57,61-64H,13-19,22,25-27,29-31,33-39H2,1-12H3,(H,72,85)(H,73,81)(H,83,84)(H3,69,71,87)/t42-,43?,44-,46-,47+,48+,50-,51-,52-,57+,61-,62-,63-,64+/m0/s1. The first-order chi connectivity index (χ1) is 43.2. The van der Waals surface area contributed by atoms with Crippen molar-refractivity contribution >= 4 is 75.8 Å². The lowest BCUT2D eigenvalue weighted by atomic mass is 9.83. The Bertz CT molecular complexity index is 2730. The number of primary amides is 1. The number of fused-ring (bicyclic) bond motifs is 2. The summed E-state index contributed by atoms with van der Waals surface area (Å²) in [6, 6.07) is 5.06. The van der Waals surface area contributed by atoms with Gasteiger partial charge in [-0.05, 0) is 106 Å². The molecule has 1 saturated carbocycles. The van der Waals surface area contributed by atoms with Crippen LogP contribution < -0.4 is 21.7 Å². The van der Waals surface area contributed by atoms with E-state index in [1.54, 1.807) is 65.3 Å². The summed E-state index contributed by atoms with van der Waals surface area (Å²) in [6.45, 7) is 16.0. The first-order valence-corrected chi connectivity index (χ1v) is 33.9. The number of urea groups is 1. The molecule has 2 aliphatic heterocycles. The number of carboxylic acid groups (broad SMARTS) is 1. The van der Waals surface area contributed by atoms with Crippen molar-refractivity contribution in [2.75, 3.05) is 59.9 Å². The van der Waals surface area contributed by atoms with Crippen LogP contribution in [0, 0.1) is 47.3 Å². The second-order valence-electron chi connectivity index (χ2n) is 26.6. The molecule has 0 spiro atoms. The molecule has 1 aliphatic carbocycles. The maximum atomic E-state index is 14.7. The summed E-state index contributed by atoms with van der Waals surface area (Å²) in [4.78, 5) is 144. The number of likely N-dealkylation sites (tertiary alicyclic amines) is 2. The Morgan fingerprint density at radius 1 is 0.835 bits per heavy atom. The molecule has 5 rings (SSSR count). The molecule has 1 aromatic heterocycles. The topological polar surface area (TPSA) is 303 Å². The minimum atomic E-state index is -1.04. The number of nitrogens with one attached hydrogen (secondary N) is 3. The average molecular weight is 1290 g/mol. The number of benzene rings is 1. The van der Waals surface area contributed by atoms with E-state index >= 15 is 0 Å². The summed E-state index contributed by atoms with van der Waals surface area (Å²) in [5.41, 5.74) is 6.64. The number of aromatic nitrogens is 1. The highest BCUT2D eigenvalue weighted by atomic mass is 32.1. The molecule has 6 N–H and O–H groups in total. The van der Waals surface area contributed by atoms with Gasteiger partial charge in [-0.25, -0.2) is 9.78 Å². The normalized spacial score (nSPS) is 20.6. The summed E-state index contributed by atoms with van der Waals surface area (Å²) in [5.74, 6) is -5.55. The highest BCUT2D eigenvalue weighted by Gasteiger charge is 2.49. The molecule has 6 amide bonds. The number of anilines is 1. The number of nitrogens with zero attached hydrogens (tertiary/aromatic N) is 4. The van der Waals surface area contributed by atoms with Gasteiger partial charge in [0.15, 0.2) is 11.6 Å². The molecule has 3 fully saturated rings. The molecule has 0 radical (unpaired) electrons. The lowest BCUT2D eigenvalue weighted by molar-refractivity contribution is -0.149. The number of ketones is 4. The molecule has 2 saturated heterocycles. The molecule has 22 nitrogen and oxygen atoms in total. The summed E-state index contributed by atoms with van der Waals surface area (Å²) < 4.78 is 17.9. The molecule has 3 aliphatic rings. The Morgan fingerprint density at radius 2 is 1.55 bits per heavy atom. The zero-order chi connectivity index (χ0) is 67.2. The number of hydrogen-bond donors (Lipinski definition) is 5. The number of carboxylic acids is 1. The maximum absolute atomic E-state index is 14.7. The third kappa shape index (κ3) is 22.1. The minimum absolute atomic E-state index is 0.0127. The van der Waals surface area contributed by atoms with Crippen LogP contribution in [0.3, 0.4) is 0 Å². The fourth-order valence-electron chi connectivity index (χ4n) is 14.0. The number of carbonyl (C=O) groups excluding carboxylic acids is 9. The number of rotatable bonds is 42. The molecule has 508 valence electrons. The van der Waals surface area contributed by atoms with Gasteiger partial charge < -0.3 is 50.8 Å². The fraction of sp³-hybridized carbons (Fsp3) is 0.721. The van der Waals surface area contributed by atoms with E-state index < -0.39 is 71.8 Å². The van der Waals surface area contributed by atoms with Crippen LogP contribution in [0.5, 0.6) is 0 Å². The minimum Gasteiger partial charge on any atom is -0.481 e. The van der Waals surface area contributed by atoms with E-state index in [2.05, 4.69) is 39.7 Å². The smallest absolute Gasteiger partial charge is 0.312 e. The van der Waals surface area contributed by atoms with Gasteiger partial charge in [0.1, 0.15) is 11.6 Å². The molecular formula is C68H106N8O14S. The molecule has 2 bridgehead atoms. The van der Waals surface area contributed by atoms with Gasteiger partial charge in [-0.1, -0.05) is 73.9 Å². The monoisotopic (exact) mass is 1290 g/mol. The largest absolute Gasteiger partial charge is 0.481 e. The van der Waals surface area contributed by atoms with Gasteiger partial charge in [-0.15, -0.1) is 11.3 Å². The van der Waals surface area contributed by atoms with Crippen LogP contribution in [0.25, 0.3) is 0 Å². The predicted molar refractivity (Wildman–Crippen MR) is 348 cm³/mol. The van der Waals surface area contributed by atoms with Gasteiger partial charge in [0.05, 0.1) is 60.8 Å². The summed E-state index contributed by atoms with van der Waals surface area (Å²) in [6.07, 6.45) is 7.11. The molecule has 14 atom stereocenters. The van der Waals surface area contributed by atoms with E-state index in [1.165, 1.54) is 11.3 Å². The number of hydrogen-bond acceptors (Lipinski definition) is 16. The number of amides is 6. The van der Waals surface area contributed by atoms with Crippen molar-refractivity contribution in [2.24, 2.45) is 53.1 Å². The van der Waals surface area contributed by atoms with E-state index in [0.717, 1.165) is 42.7 Å². The molecule has 3 heterocycles. The number of Topliss-reactive ketones (excluding diaryl/α,β-unsaturated/α-hetero) is 4. The lowest BCUT2D eigenvalue weighted by Gasteiger charge is -2.41. The van der Waals surface area contributed by atoms with E-state index in [1.807, 2.05) is 50.2 Å². The van der Waals surface area contributed by atoms with E-state index in [0.29, 0.717) is 49.9 Å². The quantitative estimate of drug-likeness (QED) is 0.0393. The van der Waals surface area contributed by atoms with Crippen LogP contribution in [-0.2, 0) is 63.8 Å². The molecular weight excluding hydrogens is 1180 g/mol. The number of nitrogens with two attached hydrogens (primary N) is 1. The van der Waals surface area contributed by atoms with Crippen molar-refractivity contribution in [3.63, 3.8) is 0 Å². The van der Waals surface area contributed by atoms with Gasteiger partial charge in [0.2, 0.25) is 23.6 Å². The van der Waals surface area contributed by atoms with E-state index in [4.69, 9.17) is 25.1 Å². The molecule has 1 aromatic carbocycles. The van der Waals surface area contributed by atoms with E-state index in [-0.39, 0.29) is 142 Å². The summed E-state index contributed by atoms with van der Waals surface area (Å²) in [5, 5.41) is 19.9. The lowest BCUT2D eigenvalue weighted by Crippen LogP contribution is -2.54. The molecule has 23 heteroatoms. The van der Waals surface area contributed by atoms with Gasteiger partial charge in [-0.3, -0.25) is 48.1 Å². The zero-order valence-corrected chi connectivity index (χ0v) is 56.9. The third-order valence-electron chi connectivity index (χ3n) is 19.5. The van der Waals surface area contributed by atoms with Crippen LogP contribution in [0.4, 0.5) is 10.5 Å². The number of piperidine rings is 1. The Kier molecular flexibility index (Phi) is 30.8. The first-order valence-electron chi connectivity index (χ1n) is 33.1. The van der Waals surface area contributed by atoms with Gasteiger partial charge in [0.25, 0.3) is 0 Å². The van der Waals surface area contributed by atoms with Crippen LogP contribution in [0.1, 0.15) is 175 Å². The zero-order valence-electron chi connectivity index (χ0n) is 56.1. The van der Waals surface area contributed by atoms with Crippen LogP contribution in [-0.4, -0.2) is 181 Å². The number of ether oxygens (including phenoxy) is 3. The SMILES string of the molecule is CC[C@H](C)[C@@H]([C@@H](CC(=O)N1CCC[C@H]1[C@H](OC)[C@@H](C)C(=O)C[C@@H](Cc1ccc(NC(=O)[C@H](CCCNC(N)=O)CC(=O)[C@@H](NC(=O)CCOCCCC(=O)C(C)CC(=O)O)C(C)C)cc1)c1nccs1)OC)N(C)C(=O)[C@@H](CC(=O)[C@@H]1[C@H]2CC[C@@H](C2)N1C)C(C)C. The Labute approximate surface area is 543 Å². The van der Waals surface area contributed by atoms with Crippen molar-refractivity contribution in [3.8, 4) is 0 Å². The second-order valence-corrected chi connectivity index (χ2v) is 27.5. The van der Waals surface area contributed by atoms with Gasteiger partial charge in [0, 0.05) is 126 Å². The molecule has 2 aromatic rings. The number of likely N-dealkylation sites (N-methyl/N-ethyl adjacent to an activating group) is 2. The highest BCUT2D eigenvalue weighted by molar-refractivity contribution is 7.09. The number of aliphatic carboxylic acids is 1. The third-order valence-corrected chi connectivity index (χ3v) is 20.4. The summed E-state index contributed by atoms with van der Waals surface area (Å²) in [7, 11) is 6.98. The maximum Gasteiger partial charge on any atom is 0.312 e. The number of carbonyl (C=O) groups is 10. The summed E-state index contributed by atoms with van der Waals surface area (Å²) >= 11 is 1.46. The second kappa shape index (κ2) is 37.0. The van der Waals surface area contributed by atoms with Crippen molar-refractivity contribution in [3.05, 3.63) is 46.4 Å². The van der Waals surface area contributed by atoms with Crippen molar-refractivity contribution < 1.29 is 67.3 Å². The van der Waals surface area contributed by atoms with Crippen LogP contribution in [0.15, 0.2) is 35.8 Å². The average Bonchev–Trinajstić information content (AvgIpc) is 1.73. The predicted octanol–water partition coefficient (Wildman–Crippen LogP) is 8.03. The molecule has 91 heavy (non-hydrogen) atoms. The van der Waals surface area contributed by atoms with Gasteiger partial charge in [-0.2, -0.15) is 0 Å². The van der Waals surface area contributed by atoms with E-state index in [9.17, 15) is 47.9 Å². The Hall–Kier alpha value is -6.01. The molecule has 1 unspecified atom stereocenters.